The Morgan fingerprint density at radius 2 is 1.73 bits per heavy atom. The van der Waals surface area contributed by atoms with Crippen LogP contribution >= 0.6 is 0 Å². The summed E-state index contributed by atoms with van der Waals surface area (Å²) in [4.78, 5) is 23.9. The molecule has 1 amide bonds. The molecule has 0 spiro atoms. The Balaban J connectivity index is 1.29. The van der Waals surface area contributed by atoms with Crippen LogP contribution in [0, 0.1) is 34.9 Å². The van der Waals surface area contributed by atoms with E-state index in [1.54, 1.807) is 19.9 Å². The number of ether oxygens (including phenoxy) is 1. The van der Waals surface area contributed by atoms with Gasteiger partial charge in [-0.25, -0.2) is 4.39 Å². The third kappa shape index (κ3) is 4.76. The summed E-state index contributed by atoms with van der Waals surface area (Å²) in [6, 6.07) is 2.72. The number of rotatable bonds is 9. The fourth-order valence-electron chi connectivity index (χ4n) is 7.27. The first-order valence-electron chi connectivity index (χ1n) is 12.7. The van der Waals surface area contributed by atoms with Crippen LogP contribution in [0.5, 0.6) is 5.75 Å². The minimum absolute atomic E-state index is 0.0221. The number of halogens is 1. The van der Waals surface area contributed by atoms with E-state index in [1.165, 1.54) is 44.6 Å². The van der Waals surface area contributed by atoms with Crippen LogP contribution in [0.2, 0.25) is 0 Å². The molecule has 2 unspecified atom stereocenters. The molecule has 0 heterocycles. The van der Waals surface area contributed by atoms with Gasteiger partial charge in [0.2, 0.25) is 0 Å². The molecule has 6 rings (SSSR count). The van der Waals surface area contributed by atoms with Gasteiger partial charge < -0.3 is 15.2 Å². The van der Waals surface area contributed by atoms with Gasteiger partial charge in [0.1, 0.15) is 11.6 Å². The zero-order valence-corrected chi connectivity index (χ0v) is 19.7. The van der Waals surface area contributed by atoms with E-state index in [0.29, 0.717) is 24.7 Å². The average molecular weight is 458 g/mol. The number of benzene rings is 1. The van der Waals surface area contributed by atoms with Crippen LogP contribution < -0.4 is 10.1 Å². The van der Waals surface area contributed by atoms with Crippen molar-refractivity contribution >= 4 is 11.9 Å². The molecule has 5 saturated carbocycles. The fraction of sp³-hybridized carbons (Fsp3) is 0.704. The van der Waals surface area contributed by atoms with Crippen LogP contribution in [0.15, 0.2) is 12.1 Å². The molecular weight excluding hydrogens is 421 g/mol. The van der Waals surface area contributed by atoms with Crippen molar-refractivity contribution in [2.75, 3.05) is 6.61 Å². The lowest BCUT2D eigenvalue weighted by molar-refractivity contribution is -0.141. The van der Waals surface area contributed by atoms with E-state index in [1.807, 2.05) is 0 Å². The molecule has 0 radical (unpaired) electrons. The van der Waals surface area contributed by atoms with Gasteiger partial charge in [-0.15, -0.1) is 0 Å². The molecule has 5 aliphatic carbocycles. The highest BCUT2D eigenvalue weighted by Gasteiger charge is 2.51. The SMILES string of the molecule is CC(CC(C)C(=O)O)NC(=O)c1cc(C2CC2)c(OCC23CC4CC(CC(C4)C2)C3)cc1F. The van der Waals surface area contributed by atoms with Gasteiger partial charge in [-0.1, -0.05) is 6.92 Å². The van der Waals surface area contributed by atoms with Gasteiger partial charge in [-0.3, -0.25) is 9.59 Å². The second-order valence-electron chi connectivity index (χ2n) is 11.7. The molecule has 2 atom stereocenters. The molecule has 6 heteroatoms. The van der Waals surface area contributed by atoms with E-state index in [-0.39, 0.29) is 17.0 Å². The van der Waals surface area contributed by atoms with Crippen molar-refractivity contribution in [3.8, 4) is 5.75 Å². The van der Waals surface area contributed by atoms with E-state index in [9.17, 15) is 9.59 Å². The van der Waals surface area contributed by atoms with Crippen molar-refractivity contribution < 1.29 is 23.8 Å². The summed E-state index contributed by atoms with van der Waals surface area (Å²) in [5.41, 5.74) is 1.21. The second-order valence-corrected chi connectivity index (χ2v) is 11.7. The average Bonchev–Trinajstić information content (AvgIpc) is 3.56. The Labute approximate surface area is 195 Å². The highest BCUT2D eigenvalue weighted by Crippen LogP contribution is 2.60. The van der Waals surface area contributed by atoms with Crippen LogP contribution in [0.4, 0.5) is 4.39 Å². The fourth-order valence-corrected chi connectivity index (χ4v) is 7.27. The number of nitrogens with one attached hydrogen (secondary N) is 1. The third-order valence-corrected chi connectivity index (χ3v) is 8.57. The molecule has 1 aromatic rings. The summed E-state index contributed by atoms with van der Waals surface area (Å²) in [5, 5.41) is 11.9. The van der Waals surface area contributed by atoms with Gasteiger partial charge >= 0.3 is 5.97 Å². The molecule has 5 fully saturated rings. The highest BCUT2D eigenvalue weighted by molar-refractivity contribution is 5.95. The lowest BCUT2D eigenvalue weighted by Crippen LogP contribution is -2.48. The molecule has 4 bridgehead atoms. The maximum atomic E-state index is 15.1. The predicted molar refractivity (Wildman–Crippen MR) is 123 cm³/mol. The summed E-state index contributed by atoms with van der Waals surface area (Å²) in [7, 11) is 0. The molecule has 1 aromatic carbocycles. The van der Waals surface area contributed by atoms with Crippen molar-refractivity contribution in [1.82, 2.24) is 5.32 Å². The molecule has 0 aromatic heterocycles. The van der Waals surface area contributed by atoms with Gasteiger partial charge in [-0.2, -0.15) is 0 Å². The van der Waals surface area contributed by atoms with E-state index in [4.69, 9.17) is 9.84 Å². The standard InChI is InChI=1S/C27H36FNO4/c1-15(26(31)32)5-16(2)29-25(30)22-9-21(20-3-4-20)24(10-23(22)28)33-14-27-11-17-6-18(12-27)8-19(7-17)13-27/h9-10,15-20H,3-8,11-14H2,1-2H3,(H,29,30)(H,31,32). The Morgan fingerprint density at radius 1 is 1.12 bits per heavy atom. The van der Waals surface area contributed by atoms with Crippen LogP contribution in [-0.4, -0.2) is 29.6 Å². The van der Waals surface area contributed by atoms with Crippen molar-refractivity contribution in [3.63, 3.8) is 0 Å². The number of hydrogen-bond donors (Lipinski definition) is 2. The van der Waals surface area contributed by atoms with Crippen LogP contribution in [0.1, 0.15) is 93.5 Å². The van der Waals surface area contributed by atoms with Crippen LogP contribution in [-0.2, 0) is 4.79 Å². The predicted octanol–water partition coefficient (Wildman–Crippen LogP) is 5.53. The van der Waals surface area contributed by atoms with Crippen molar-refractivity contribution in [1.29, 1.82) is 0 Å². The molecule has 5 aliphatic rings. The lowest BCUT2D eigenvalue weighted by atomic mass is 9.50. The number of carboxylic acid groups (broad SMARTS) is 1. The van der Waals surface area contributed by atoms with Gasteiger partial charge in [0.15, 0.2) is 0 Å². The van der Waals surface area contributed by atoms with Gasteiger partial charge in [0, 0.05) is 17.5 Å². The summed E-state index contributed by atoms with van der Waals surface area (Å²) < 4.78 is 21.4. The van der Waals surface area contributed by atoms with Gasteiger partial charge in [-0.05, 0) is 100 Å². The third-order valence-electron chi connectivity index (χ3n) is 8.57. The second kappa shape index (κ2) is 8.59. The van der Waals surface area contributed by atoms with Crippen LogP contribution in [0.25, 0.3) is 0 Å². The number of carboxylic acids is 1. The maximum absolute atomic E-state index is 15.1. The molecule has 180 valence electrons. The minimum Gasteiger partial charge on any atom is -0.493 e. The van der Waals surface area contributed by atoms with E-state index in [2.05, 4.69) is 5.32 Å². The molecule has 33 heavy (non-hydrogen) atoms. The molecule has 2 N–H and O–H groups in total. The number of amides is 1. The number of carbonyl (C=O) groups excluding carboxylic acids is 1. The summed E-state index contributed by atoms with van der Waals surface area (Å²) in [6.07, 6.45) is 10.2. The minimum atomic E-state index is -0.904. The zero-order valence-electron chi connectivity index (χ0n) is 19.7. The monoisotopic (exact) mass is 457 g/mol. The quantitative estimate of drug-likeness (QED) is 0.511. The number of hydrogen-bond acceptors (Lipinski definition) is 3. The van der Waals surface area contributed by atoms with Gasteiger partial charge in [0.25, 0.3) is 5.91 Å². The topological polar surface area (TPSA) is 75.6 Å². The Morgan fingerprint density at radius 3 is 2.27 bits per heavy atom. The van der Waals surface area contributed by atoms with Gasteiger partial charge in [0.05, 0.1) is 18.1 Å². The molecular formula is C27H36FNO4. The van der Waals surface area contributed by atoms with E-state index < -0.39 is 23.6 Å². The normalized spacial score (nSPS) is 31.8. The largest absolute Gasteiger partial charge is 0.493 e. The van der Waals surface area contributed by atoms with E-state index in [0.717, 1.165) is 36.2 Å². The first kappa shape index (κ1) is 22.7. The maximum Gasteiger partial charge on any atom is 0.306 e. The number of carbonyl (C=O) groups is 2. The molecule has 0 aliphatic heterocycles. The highest BCUT2D eigenvalue weighted by atomic mass is 19.1. The first-order valence-corrected chi connectivity index (χ1v) is 12.7. The number of aliphatic carboxylic acids is 1. The van der Waals surface area contributed by atoms with Crippen molar-refractivity contribution in [3.05, 3.63) is 29.1 Å². The Hall–Kier alpha value is -2.11. The smallest absolute Gasteiger partial charge is 0.306 e. The summed E-state index contributed by atoms with van der Waals surface area (Å²) >= 11 is 0. The first-order chi connectivity index (χ1) is 15.7. The van der Waals surface area contributed by atoms with E-state index >= 15 is 4.39 Å². The lowest BCUT2D eigenvalue weighted by Gasteiger charge is -2.56. The summed E-state index contributed by atoms with van der Waals surface area (Å²) in [6.45, 7) is 4.01. The van der Waals surface area contributed by atoms with Crippen molar-refractivity contribution in [2.24, 2.45) is 29.1 Å². The molecule has 0 saturated heterocycles. The summed E-state index contributed by atoms with van der Waals surface area (Å²) in [5.74, 6) is 0.918. The molecule has 5 nitrogen and oxygen atoms in total. The van der Waals surface area contributed by atoms with Crippen LogP contribution in [0.3, 0.4) is 0 Å². The Bertz CT molecular complexity index is 905. The van der Waals surface area contributed by atoms with Crippen molar-refractivity contribution in [2.45, 2.75) is 83.6 Å². The zero-order chi connectivity index (χ0) is 23.3. The Kier molecular flexibility index (Phi) is 5.90.